The van der Waals surface area contributed by atoms with Crippen molar-refractivity contribution in [2.24, 2.45) is 5.92 Å². The maximum atomic E-state index is 8.83. The van der Waals surface area contributed by atoms with Crippen LogP contribution in [-0.2, 0) is 16.3 Å². The lowest BCUT2D eigenvalue weighted by Crippen LogP contribution is -1.97. The van der Waals surface area contributed by atoms with Gasteiger partial charge < -0.3 is 9.42 Å². The number of thiol groups is 1. The second-order valence-corrected chi connectivity index (χ2v) is 7.34. The van der Waals surface area contributed by atoms with Crippen LogP contribution >= 0.6 is 17.9 Å². The summed E-state index contributed by atoms with van der Waals surface area (Å²) in [5.41, 5.74) is -2.69. The van der Waals surface area contributed by atoms with Gasteiger partial charge in [0.15, 0.2) is 0 Å². The van der Waals surface area contributed by atoms with E-state index < -0.39 is 5.69 Å². The summed E-state index contributed by atoms with van der Waals surface area (Å²) in [6.45, 7) is 4.45. The van der Waals surface area contributed by atoms with Gasteiger partial charge >= 0.3 is 0 Å². The van der Waals surface area contributed by atoms with Crippen LogP contribution in [-0.4, -0.2) is 11.5 Å². The molecule has 0 aromatic rings. The molecule has 0 aromatic carbocycles. The van der Waals surface area contributed by atoms with Gasteiger partial charge in [0.1, 0.15) is 0 Å². The minimum atomic E-state index is -2.69. The van der Waals surface area contributed by atoms with Crippen LogP contribution in [0.5, 0.6) is 0 Å². The van der Waals surface area contributed by atoms with E-state index in [4.69, 9.17) is 9.42 Å². The molecule has 9 heavy (non-hydrogen) atoms. The molecule has 1 atom stereocenters. The van der Waals surface area contributed by atoms with Gasteiger partial charge in [0.25, 0.3) is 0 Å². The van der Waals surface area contributed by atoms with Crippen LogP contribution < -0.4 is 0 Å². The van der Waals surface area contributed by atoms with Crippen LogP contribution in [0.2, 0.25) is 0 Å². The van der Waals surface area contributed by atoms with Gasteiger partial charge in [0.05, 0.1) is 6.61 Å². The standard InChI is InChI=1S/C4H11O2PS2/c1-4(2)3-6-7(5,8)9/h4H,3H2,1-2H3,(H2,5,8,9). The van der Waals surface area contributed by atoms with Gasteiger partial charge in [-0.25, -0.2) is 0 Å². The molecule has 0 spiro atoms. The van der Waals surface area contributed by atoms with E-state index in [1.165, 1.54) is 0 Å². The van der Waals surface area contributed by atoms with Crippen molar-refractivity contribution in [1.29, 1.82) is 0 Å². The van der Waals surface area contributed by atoms with Crippen molar-refractivity contribution >= 4 is 29.7 Å². The van der Waals surface area contributed by atoms with Crippen molar-refractivity contribution in [1.82, 2.24) is 0 Å². The third kappa shape index (κ3) is 8.92. The van der Waals surface area contributed by atoms with Crippen LogP contribution in [0.25, 0.3) is 0 Å². The summed E-state index contributed by atoms with van der Waals surface area (Å²) in [5.74, 6) is 0.395. The molecule has 0 amide bonds. The molecular weight excluding hydrogens is 175 g/mol. The largest absolute Gasteiger partial charge is 0.338 e. The highest BCUT2D eigenvalue weighted by Crippen LogP contribution is 2.47. The van der Waals surface area contributed by atoms with Crippen LogP contribution in [0, 0.1) is 5.92 Å². The quantitative estimate of drug-likeness (QED) is 0.520. The van der Waals surface area contributed by atoms with Crippen molar-refractivity contribution in [3.05, 3.63) is 0 Å². The molecule has 0 radical (unpaired) electrons. The molecule has 2 nitrogen and oxygen atoms in total. The average molecular weight is 186 g/mol. The maximum absolute atomic E-state index is 8.83. The Bertz CT molecular complexity index is 120. The van der Waals surface area contributed by atoms with E-state index >= 15 is 0 Å². The first kappa shape index (κ1) is 9.92. The Labute approximate surface area is 65.9 Å². The topological polar surface area (TPSA) is 29.5 Å². The Hall–Kier alpha value is 0.920. The molecular formula is C4H11O2PS2. The predicted molar refractivity (Wildman–Crippen MR) is 46.3 cm³/mol. The molecule has 0 aliphatic rings. The summed E-state index contributed by atoms with van der Waals surface area (Å²) in [7, 11) is 0. The van der Waals surface area contributed by atoms with Gasteiger partial charge in [-0.2, -0.15) is 0 Å². The Morgan fingerprint density at radius 2 is 2.22 bits per heavy atom. The summed E-state index contributed by atoms with van der Waals surface area (Å²) in [6, 6.07) is 0. The van der Waals surface area contributed by atoms with Gasteiger partial charge in [0.2, 0.25) is 5.69 Å². The van der Waals surface area contributed by atoms with E-state index in [0.29, 0.717) is 12.5 Å². The Morgan fingerprint density at radius 1 is 1.78 bits per heavy atom. The van der Waals surface area contributed by atoms with Crippen molar-refractivity contribution in [2.75, 3.05) is 6.61 Å². The molecule has 0 fully saturated rings. The molecule has 0 aliphatic heterocycles. The Balaban J connectivity index is 3.40. The Kier molecular flexibility index (Phi) is 4.34. The average Bonchev–Trinajstić information content (AvgIpc) is 1.59. The summed E-state index contributed by atoms with van der Waals surface area (Å²) >= 11 is 8.20. The molecule has 0 saturated carbocycles. The summed E-state index contributed by atoms with van der Waals surface area (Å²) in [4.78, 5) is 8.83. The van der Waals surface area contributed by atoms with Gasteiger partial charge in [-0.15, -0.1) is 0 Å². The van der Waals surface area contributed by atoms with E-state index in [9.17, 15) is 0 Å². The second kappa shape index (κ2) is 3.94. The molecule has 5 heteroatoms. The highest BCUT2D eigenvalue weighted by atomic mass is 32.9. The molecule has 1 unspecified atom stereocenters. The first-order chi connectivity index (χ1) is 3.92. The highest BCUT2D eigenvalue weighted by molar-refractivity contribution is 8.59. The fourth-order valence-electron chi connectivity index (χ4n) is 0.246. The minimum absolute atomic E-state index is 0.395. The summed E-state index contributed by atoms with van der Waals surface area (Å²) in [5, 5.41) is 0. The zero-order valence-corrected chi connectivity index (χ0v) is 8.05. The van der Waals surface area contributed by atoms with Crippen LogP contribution in [0.3, 0.4) is 0 Å². The highest BCUT2D eigenvalue weighted by Gasteiger charge is 2.05. The van der Waals surface area contributed by atoms with Gasteiger partial charge in [0, 0.05) is 0 Å². The lowest BCUT2D eigenvalue weighted by molar-refractivity contribution is 0.276. The van der Waals surface area contributed by atoms with Crippen molar-refractivity contribution in [3.63, 3.8) is 0 Å². The molecule has 1 N–H and O–H groups in total. The van der Waals surface area contributed by atoms with E-state index in [0.717, 1.165) is 0 Å². The van der Waals surface area contributed by atoms with Crippen molar-refractivity contribution in [3.8, 4) is 0 Å². The second-order valence-electron chi connectivity index (χ2n) is 2.18. The zero-order valence-electron chi connectivity index (χ0n) is 5.44. The van der Waals surface area contributed by atoms with E-state index in [1.807, 2.05) is 13.8 Å². The molecule has 0 rings (SSSR count). The predicted octanol–water partition coefficient (Wildman–Crippen LogP) is 1.81. The fourth-order valence-corrected chi connectivity index (χ4v) is 1.12. The normalized spacial score (nSPS) is 17.9. The lowest BCUT2D eigenvalue weighted by atomic mass is 10.2. The molecule has 0 heterocycles. The molecule has 0 saturated heterocycles. The lowest BCUT2D eigenvalue weighted by Gasteiger charge is -2.10. The van der Waals surface area contributed by atoms with E-state index in [1.54, 1.807) is 0 Å². The third-order valence-electron chi connectivity index (χ3n) is 0.576. The molecule has 0 bridgehead atoms. The Morgan fingerprint density at radius 3 is 2.33 bits per heavy atom. The third-order valence-corrected chi connectivity index (χ3v) is 1.72. The summed E-state index contributed by atoms with van der Waals surface area (Å²) in [6.07, 6.45) is 0. The molecule has 0 aliphatic carbocycles. The monoisotopic (exact) mass is 186 g/mol. The van der Waals surface area contributed by atoms with Crippen LogP contribution in [0.4, 0.5) is 0 Å². The van der Waals surface area contributed by atoms with Gasteiger partial charge in [-0.3, -0.25) is 0 Å². The van der Waals surface area contributed by atoms with Crippen LogP contribution in [0.15, 0.2) is 0 Å². The van der Waals surface area contributed by atoms with E-state index in [2.05, 4.69) is 24.1 Å². The van der Waals surface area contributed by atoms with Gasteiger partial charge in [-0.1, -0.05) is 26.1 Å². The number of rotatable bonds is 3. The van der Waals surface area contributed by atoms with E-state index in [-0.39, 0.29) is 0 Å². The molecule has 56 valence electrons. The van der Waals surface area contributed by atoms with Crippen molar-refractivity contribution in [2.45, 2.75) is 13.8 Å². The molecule has 0 aromatic heterocycles. The first-order valence-corrected chi connectivity index (χ1v) is 6.44. The smallest absolute Gasteiger partial charge is 0.241 e. The number of hydrogen-bond donors (Lipinski definition) is 2. The van der Waals surface area contributed by atoms with Crippen molar-refractivity contribution < 1.29 is 9.42 Å². The fraction of sp³-hybridized carbons (Fsp3) is 1.00. The SMILES string of the molecule is CC(C)COP(O)(=S)S. The number of hydrogen-bond acceptors (Lipinski definition) is 2. The zero-order chi connectivity index (χ0) is 7.49. The van der Waals surface area contributed by atoms with Crippen LogP contribution in [0.1, 0.15) is 13.8 Å². The first-order valence-electron chi connectivity index (χ1n) is 2.62. The maximum Gasteiger partial charge on any atom is 0.241 e. The van der Waals surface area contributed by atoms with Gasteiger partial charge in [-0.05, 0) is 17.7 Å². The summed E-state index contributed by atoms with van der Waals surface area (Å²) < 4.78 is 4.84. The minimum Gasteiger partial charge on any atom is -0.338 e.